The number of hydrogen-bond acceptors (Lipinski definition) is 6. The van der Waals surface area contributed by atoms with E-state index in [1.54, 1.807) is 0 Å². The third-order valence-corrected chi connectivity index (χ3v) is 2.00. The van der Waals surface area contributed by atoms with Crippen molar-refractivity contribution in [1.82, 2.24) is 0 Å². The van der Waals surface area contributed by atoms with Gasteiger partial charge in [0.15, 0.2) is 6.29 Å². The third-order valence-electron chi connectivity index (χ3n) is 2.00. The Labute approximate surface area is 69.7 Å². The molecule has 0 spiro atoms. The summed E-state index contributed by atoms with van der Waals surface area (Å²) in [4.78, 5) is 0. The lowest BCUT2D eigenvalue weighted by Gasteiger charge is -2.38. The zero-order valence-corrected chi connectivity index (χ0v) is 6.50. The maximum Gasteiger partial charge on any atom is 0.172 e. The third kappa shape index (κ3) is 1.58. The minimum absolute atomic E-state index is 0.0298. The maximum atomic E-state index is 9.28. The molecule has 6 nitrogen and oxygen atoms in total. The SMILES string of the molecule is NC[C@@H]1OC(O)[C@H](N)[C@@H](O)[C@@H]1O. The van der Waals surface area contributed by atoms with Crippen molar-refractivity contribution in [2.75, 3.05) is 6.54 Å². The van der Waals surface area contributed by atoms with Gasteiger partial charge in [-0.25, -0.2) is 0 Å². The smallest absolute Gasteiger partial charge is 0.172 e. The Morgan fingerprint density at radius 2 is 1.75 bits per heavy atom. The first-order valence-electron chi connectivity index (χ1n) is 3.73. The fourth-order valence-corrected chi connectivity index (χ4v) is 1.16. The molecule has 0 aliphatic carbocycles. The van der Waals surface area contributed by atoms with E-state index in [1.807, 2.05) is 0 Å². The highest BCUT2D eigenvalue weighted by molar-refractivity contribution is 4.91. The van der Waals surface area contributed by atoms with Crippen LogP contribution in [-0.2, 0) is 4.74 Å². The second-order valence-corrected chi connectivity index (χ2v) is 2.86. The van der Waals surface area contributed by atoms with Crippen LogP contribution in [0.15, 0.2) is 0 Å². The molecule has 12 heavy (non-hydrogen) atoms. The lowest BCUT2D eigenvalue weighted by Crippen LogP contribution is -2.62. The van der Waals surface area contributed by atoms with Crippen LogP contribution in [0.3, 0.4) is 0 Å². The van der Waals surface area contributed by atoms with E-state index < -0.39 is 30.6 Å². The van der Waals surface area contributed by atoms with Crippen LogP contribution in [0.5, 0.6) is 0 Å². The van der Waals surface area contributed by atoms with E-state index in [0.717, 1.165) is 0 Å². The molecule has 7 N–H and O–H groups in total. The molecule has 1 saturated heterocycles. The van der Waals surface area contributed by atoms with Gasteiger partial charge in [-0.15, -0.1) is 0 Å². The summed E-state index contributed by atoms with van der Waals surface area (Å²) in [6.45, 7) is 0.0298. The molecule has 1 unspecified atom stereocenters. The number of aliphatic hydroxyl groups excluding tert-OH is 3. The van der Waals surface area contributed by atoms with Gasteiger partial charge in [0.25, 0.3) is 0 Å². The number of rotatable bonds is 1. The summed E-state index contributed by atoms with van der Waals surface area (Å²) in [5, 5.41) is 27.6. The van der Waals surface area contributed by atoms with E-state index >= 15 is 0 Å². The second-order valence-electron chi connectivity index (χ2n) is 2.86. The summed E-state index contributed by atoms with van der Waals surface area (Å²) in [7, 11) is 0. The van der Waals surface area contributed by atoms with E-state index in [0.29, 0.717) is 0 Å². The highest BCUT2D eigenvalue weighted by Gasteiger charge is 2.41. The van der Waals surface area contributed by atoms with Crippen molar-refractivity contribution >= 4 is 0 Å². The Morgan fingerprint density at radius 1 is 1.17 bits per heavy atom. The van der Waals surface area contributed by atoms with Gasteiger partial charge in [0.1, 0.15) is 18.3 Å². The van der Waals surface area contributed by atoms with Gasteiger partial charge in [-0.05, 0) is 0 Å². The molecular weight excluding hydrogens is 164 g/mol. The first-order valence-corrected chi connectivity index (χ1v) is 3.73. The van der Waals surface area contributed by atoms with Crippen molar-refractivity contribution in [3.63, 3.8) is 0 Å². The Kier molecular flexibility index (Phi) is 2.99. The molecule has 1 aliphatic rings. The summed E-state index contributed by atoms with van der Waals surface area (Å²) in [6, 6.07) is -0.984. The molecule has 0 aromatic heterocycles. The van der Waals surface area contributed by atoms with Gasteiger partial charge >= 0.3 is 0 Å². The molecule has 5 atom stereocenters. The second kappa shape index (κ2) is 3.65. The fourth-order valence-electron chi connectivity index (χ4n) is 1.16. The normalized spacial score (nSPS) is 49.2. The molecular formula is C6H14N2O4. The molecule has 72 valence electrons. The first-order chi connectivity index (χ1) is 5.57. The van der Waals surface area contributed by atoms with E-state index in [4.69, 9.17) is 21.3 Å². The topological polar surface area (TPSA) is 122 Å². The van der Waals surface area contributed by atoms with Crippen LogP contribution in [0.1, 0.15) is 0 Å². The van der Waals surface area contributed by atoms with Crippen LogP contribution in [0, 0.1) is 0 Å². The minimum atomic E-state index is -1.27. The molecule has 1 heterocycles. The molecule has 1 fully saturated rings. The van der Waals surface area contributed by atoms with Crippen LogP contribution in [0.25, 0.3) is 0 Å². The predicted octanol–water partition coefficient (Wildman–Crippen LogP) is -3.29. The van der Waals surface area contributed by atoms with Crippen LogP contribution in [0.2, 0.25) is 0 Å². The molecule has 0 saturated carbocycles. The van der Waals surface area contributed by atoms with Crippen LogP contribution in [0.4, 0.5) is 0 Å². The van der Waals surface area contributed by atoms with Crippen molar-refractivity contribution in [2.45, 2.75) is 30.6 Å². The Bertz CT molecular complexity index is 152. The van der Waals surface area contributed by atoms with E-state index in [1.165, 1.54) is 0 Å². The standard InChI is InChI=1S/C6H14N2O4/c7-1-2-4(9)5(10)3(8)6(11)12-2/h2-6,9-11H,1,7-8H2/t2-,3+,4+,5+,6?/m0/s1. The van der Waals surface area contributed by atoms with Gasteiger partial charge in [0.2, 0.25) is 0 Å². The monoisotopic (exact) mass is 178 g/mol. The zero-order valence-electron chi connectivity index (χ0n) is 6.50. The Balaban J connectivity index is 2.63. The van der Waals surface area contributed by atoms with E-state index in [9.17, 15) is 10.2 Å². The van der Waals surface area contributed by atoms with Gasteiger partial charge in [-0.1, -0.05) is 0 Å². The minimum Gasteiger partial charge on any atom is -0.388 e. The largest absolute Gasteiger partial charge is 0.388 e. The van der Waals surface area contributed by atoms with Crippen molar-refractivity contribution < 1.29 is 20.1 Å². The number of hydrogen-bond donors (Lipinski definition) is 5. The molecule has 0 bridgehead atoms. The van der Waals surface area contributed by atoms with Crippen LogP contribution >= 0.6 is 0 Å². The average molecular weight is 178 g/mol. The fraction of sp³-hybridized carbons (Fsp3) is 1.00. The predicted molar refractivity (Wildman–Crippen MR) is 39.9 cm³/mol. The highest BCUT2D eigenvalue weighted by Crippen LogP contribution is 2.17. The first kappa shape index (κ1) is 9.85. The molecule has 0 aromatic carbocycles. The van der Waals surface area contributed by atoms with Gasteiger partial charge in [0.05, 0.1) is 6.04 Å². The van der Waals surface area contributed by atoms with Crippen LogP contribution < -0.4 is 11.5 Å². The quantitative estimate of drug-likeness (QED) is 0.287. The average Bonchev–Trinajstić information content (AvgIpc) is 2.08. The maximum absolute atomic E-state index is 9.28. The van der Waals surface area contributed by atoms with Gasteiger partial charge < -0.3 is 31.5 Å². The highest BCUT2D eigenvalue weighted by atomic mass is 16.6. The molecule has 0 radical (unpaired) electrons. The zero-order chi connectivity index (χ0) is 9.30. The summed E-state index contributed by atoms with van der Waals surface area (Å²) in [5.41, 5.74) is 10.5. The lowest BCUT2D eigenvalue weighted by molar-refractivity contribution is -0.238. The Morgan fingerprint density at radius 3 is 2.25 bits per heavy atom. The van der Waals surface area contributed by atoms with Crippen LogP contribution in [-0.4, -0.2) is 52.5 Å². The molecule has 0 aromatic rings. The number of aliphatic hydroxyl groups is 3. The van der Waals surface area contributed by atoms with Gasteiger partial charge in [-0.3, -0.25) is 0 Å². The van der Waals surface area contributed by atoms with E-state index in [2.05, 4.69) is 0 Å². The molecule has 1 aliphatic heterocycles. The summed E-state index contributed by atoms with van der Waals surface area (Å²) in [5.74, 6) is 0. The van der Waals surface area contributed by atoms with E-state index in [-0.39, 0.29) is 6.54 Å². The molecule has 0 amide bonds. The molecule has 6 heteroatoms. The number of nitrogens with two attached hydrogens (primary N) is 2. The van der Waals surface area contributed by atoms with Crippen molar-refractivity contribution in [3.05, 3.63) is 0 Å². The summed E-state index contributed by atoms with van der Waals surface area (Å²) >= 11 is 0. The molecule has 1 rings (SSSR count). The summed E-state index contributed by atoms with van der Waals surface area (Å²) in [6.07, 6.45) is -4.34. The van der Waals surface area contributed by atoms with Crippen molar-refractivity contribution in [2.24, 2.45) is 11.5 Å². The number of ether oxygens (including phenoxy) is 1. The van der Waals surface area contributed by atoms with Crippen molar-refractivity contribution in [3.8, 4) is 0 Å². The van der Waals surface area contributed by atoms with Gasteiger partial charge in [-0.2, -0.15) is 0 Å². The van der Waals surface area contributed by atoms with Gasteiger partial charge in [0, 0.05) is 6.54 Å². The van der Waals surface area contributed by atoms with Crippen molar-refractivity contribution in [1.29, 1.82) is 0 Å². The Hall–Kier alpha value is -0.240. The lowest BCUT2D eigenvalue weighted by atomic mass is 9.98. The summed E-state index contributed by atoms with van der Waals surface area (Å²) < 4.78 is 4.83.